The van der Waals surface area contributed by atoms with Gasteiger partial charge in [-0.3, -0.25) is 39.7 Å². The fourth-order valence-corrected chi connectivity index (χ4v) is 5.08. The van der Waals surface area contributed by atoms with Crippen molar-refractivity contribution < 1.29 is 50.7 Å². The molecule has 6 heterocycles. The zero-order valence-corrected chi connectivity index (χ0v) is 33.7. The van der Waals surface area contributed by atoms with Crippen molar-refractivity contribution in [3.8, 4) is 0 Å². The summed E-state index contributed by atoms with van der Waals surface area (Å²) in [6.07, 6.45) is 10.5. The third-order valence-electron chi connectivity index (χ3n) is 7.53. The molecule has 6 aromatic rings. The van der Waals surface area contributed by atoms with Crippen LogP contribution in [0.1, 0.15) is 58.4 Å². The van der Waals surface area contributed by atoms with Crippen molar-refractivity contribution in [3.63, 3.8) is 0 Å². The zero-order chi connectivity index (χ0) is 37.5. The van der Waals surface area contributed by atoms with Crippen LogP contribution in [0.3, 0.4) is 0 Å². The Morgan fingerprint density at radius 1 is 0.564 bits per heavy atom. The summed E-state index contributed by atoms with van der Waals surface area (Å²) in [6, 6.07) is 31.1. The average molecular weight is 750 g/mol. The molecule has 6 aromatic heterocycles. The number of ether oxygens (including phenoxy) is 1. The van der Waals surface area contributed by atoms with E-state index >= 15 is 0 Å². The summed E-state index contributed by atoms with van der Waals surface area (Å²) in [6.45, 7) is 6.06. The molecule has 6 rings (SSSR count). The van der Waals surface area contributed by atoms with Crippen molar-refractivity contribution >= 4 is 14.4 Å². The van der Waals surface area contributed by atoms with Crippen LogP contribution >= 0.6 is 0 Å². The molecule has 0 saturated carbocycles. The summed E-state index contributed by atoms with van der Waals surface area (Å²) in [5.74, 6) is -0.386. The molecule has 0 bridgehead atoms. The minimum absolute atomic E-state index is 0. The van der Waals surface area contributed by atoms with Crippen molar-refractivity contribution in [2.45, 2.75) is 52.8 Å². The standard InChI is InChI=1S/C20H20N4O2.C19H20N4O.C2H6O.B.Na.H/c1-26-20(25)16-8-9-19(23-12-16)15-24(13-17-6-2-4-10-21-17)14-18-7-3-5-11-22-18;24-15-16-7-8-19(22-11-16)14-23(12-17-5-1-3-9-20-17)13-18-6-2-4-10-21-18;1-2-3;;;/h2-12H,13-15H2,1H3;1-11,24H,12-15H2;3H,2H2,1H3;;;/q;;;;+1;-1. The fourth-order valence-electron chi connectivity index (χ4n) is 5.08. The maximum atomic E-state index is 11.5. The van der Waals surface area contributed by atoms with Crippen LogP contribution in [-0.4, -0.2) is 78.0 Å². The van der Waals surface area contributed by atoms with E-state index in [1.807, 2.05) is 103 Å². The van der Waals surface area contributed by atoms with Gasteiger partial charge in [-0.1, -0.05) is 30.3 Å². The van der Waals surface area contributed by atoms with Gasteiger partial charge in [-0.15, -0.1) is 0 Å². The summed E-state index contributed by atoms with van der Waals surface area (Å²) in [5.41, 5.74) is 7.07. The van der Waals surface area contributed by atoms with E-state index in [4.69, 9.17) is 14.9 Å². The van der Waals surface area contributed by atoms with E-state index in [1.165, 1.54) is 7.11 Å². The van der Waals surface area contributed by atoms with E-state index in [1.54, 1.807) is 37.8 Å². The first-order chi connectivity index (χ1) is 26.0. The van der Waals surface area contributed by atoms with E-state index in [0.717, 1.165) is 52.8 Å². The van der Waals surface area contributed by atoms with E-state index in [2.05, 4.69) is 39.7 Å². The molecule has 0 spiro atoms. The number of esters is 1. The number of aliphatic hydroxyl groups excluding tert-OH is 2. The minimum Gasteiger partial charge on any atom is -1.00 e. The zero-order valence-electron chi connectivity index (χ0n) is 32.7. The van der Waals surface area contributed by atoms with Crippen LogP contribution in [0.2, 0.25) is 0 Å². The topological polar surface area (TPSA) is 151 Å². The molecule has 0 aliphatic heterocycles. The molecule has 3 radical (unpaired) electrons. The first-order valence-corrected chi connectivity index (χ1v) is 17.2. The second kappa shape index (κ2) is 27.0. The first-order valence-electron chi connectivity index (χ1n) is 17.2. The van der Waals surface area contributed by atoms with E-state index in [-0.39, 0.29) is 58.6 Å². The number of hydrogen-bond donors (Lipinski definition) is 2. The van der Waals surface area contributed by atoms with Crippen molar-refractivity contribution in [2.75, 3.05) is 13.7 Å². The predicted molar refractivity (Wildman–Crippen MR) is 208 cm³/mol. The number of aromatic nitrogens is 6. The normalized spacial score (nSPS) is 10.1. The maximum Gasteiger partial charge on any atom is 1.00 e. The van der Waals surface area contributed by atoms with Crippen LogP contribution in [0, 0.1) is 0 Å². The molecule has 0 aromatic carbocycles. The molecule has 0 amide bonds. The summed E-state index contributed by atoms with van der Waals surface area (Å²) < 4.78 is 4.71. The number of hydrogen-bond acceptors (Lipinski definition) is 12. The van der Waals surface area contributed by atoms with Gasteiger partial charge in [0.25, 0.3) is 0 Å². The van der Waals surface area contributed by atoms with Gasteiger partial charge in [0.2, 0.25) is 0 Å². The second-order valence-electron chi connectivity index (χ2n) is 11.7. The monoisotopic (exact) mass is 749 g/mol. The molecule has 0 aliphatic rings. The Morgan fingerprint density at radius 3 is 1.16 bits per heavy atom. The molecular weight excluding hydrogens is 702 g/mol. The third kappa shape index (κ3) is 17.5. The van der Waals surface area contributed by atoms with E-state index in [0.29, 0.717) is 31.7 Å². The Labute approximate surface area is 349 Å². The minimum atomic E-state index is -0.386. The Hall–Kier alpha value is -4.73. The van der Waals surface area contributed by atoms with Gasteiger partial charge in [-0.2, -0.15) is 0 Å². The van der Waals surface area contributed by atoms with Gasteiger partial charge >= 0.3 is 35.5 Å². The molecule has 14 heteroatoms. The number of rotatable bonds is 14. The summed E-state index contributed by atoms with van der Waals surface area (Å²) >= 11 is 0. The van der Waals surface area contributed by atoms with Gasteiger partial charge in [0.15, 0.2) is 0 Å². The van der Waals surface area contributed by atoms with Gasteiger partial charge in [0, 0.05) is 91.5 Å². The molecule has 279 valence electrons. The predicted octanol–water partition coefficient (Wildman–Crippen LogP) is 2.16. The molecule has 55 heavy (non-hydrogen) atoms. The largest absolute Gasteiger partial charge is 1.00 e. The molecule has 0 aliphatic carbocycles. The van der Waals surface area contributed by atoms with Crippen LogP contribution < -0.4 is 29.6 Å². The van der Waals surface area contributed by atoms with Gasteiger partial charge < -0.3 is 16.4 Å². The molecule has 2 N–H and O–H groups in total. The van der Waals surface area contributed by atoms with Crippen LogP contribution in [0.15, 0.2) is 134 Å². The molecule has 0 saturated heterocycles. The van der Waals surface area contributed by atoms with Crippen molar-refractivity contribution in [1.29, 1.82) is 0 Å². The smallest absolute Gasteiger partial charge is 1.00 e. The quantitative estimate of drug-likeness (QED) is 0.124. The Bertz CT molecular complexity index is 1790. The number of methoxy groups -OCH3 is 1. The summed E-state index contributed by atoms with van der Waals surface area (Å²) in [7, 11) is 1.36. The van der Waals surface area contributed by atoms with Crippen molar-refractivity contribution in [3.05, 3.63) is 180 Å². The van der Waals surface area contributed by atoms with E-state index < -0.39 is 0 Å². The van der Waals surface area contributed by atoms with Gasteiger partial charge in [-0.25, -0.2) is 4.79 Å². The van der Waals surface area contributed by atoms with Crippen molar-refractivity contribution in [2.24, 2.45) is 0 Å². The molecular formula is C41H47BN8NaO4. The van der Waals surface area contributed by atoms with Crippen molar-refractivity contribution in [1.82, 2.24) is 39.7 Å². The Morgan fingerprint density at radius 2 is 0.909 bits per heavy atom. The third-order valence-corrected chi connectivity index (χ3v) is 7.53. The van der Waals surface area contributed by atoms with Crippen LogP contribution in [0.5, 0.6) is 0 Å². The van der Waals surface area contributed by atoms with Gasteiger partial charge in [0.05, 0.1) is 53.4 Å². The van der Waals surface area contributed by atoms with Gasteiger partial charge in [-0.05, 0) is 79.2 Å². The van der Waals surface area contributed by atoms with Gasteiger partial charge in [0.1, 0.15) is 0 Å². The Kier molecular flexibility index (Phi) is 22.8. The van der Waals surface area contributed by atoms with Crippen LogP contribution in [0.25, 0.3) is 0 Å². The van der Waals surface area contributed by atoms with Crippen LogP contribution in [-0.2, 0) is 50.6 Å². The second-order valence-corrected chi connectivity index (χ2v) is 11.7. The summed E-state index contributed by atoms with van der Waals surface area (Å²) in [5, 5.41) is 16.7. The number of aliphatic hydroxyl groups is 2. The number of nitrogens with zero attached hydrogens (tertiary/aromatic N) is 8. The number of carbonyl (C=O) groups is 1. The first kappa shape index (κ1) is 46.4. The maximum absolute atomic E-state index is 11.5. The van der Waals surface area contributed by atoms with E-state index in [9.17, 15) is 4.79 Å². The molecule has 12 nitrogen and oxygen atoms in total. The van der Waals surface area contributed by atoms with Crippen LogP contribution in [0.4, 0.5) is 0 Å². The molecule has 0 atom stereocenters. The summed E-state index contributed by atoms with van der Waals surface area (Å²) in [4.78, 5) is 42.5. The number of carbonyl (C=O) groups excluding carboxylic acids is 1. The average Bonchev–Trinajstić information content (AvgIpc) is 3.20. The number of pyridine rings is 6. The molecule has 0 unspecified atom stereocenters. The Balaban J connectivity index is 0.000000499. The molecule has 0 fully saturated rings. The fraction of sp³-hybridized carbons (Fsp3) is 0.244. The SMILES string of the molecule is CCO.COC(=O)c1ccc(CN(Cc2ccccn2)Cc2ccccn2)nc1.OCc1ccc(CN(Cc2ccccn2)Cc2ccccn2)nc1.[B].[H-].[Na+].